The van der Waals surface area contributed by atoms with Crippen molar-refractivity contribution in [2.24, 2.45) is 0 Å². The Balaban J connectivity index is 1.75. The van der Waals surface area contributed by atoms with E-state index in [0.717, 1.165) is 15.3 Å². The van der Waals surface area contributed by atoms with Crippen LogP contribution in [0.5, 0.6) is 0 Å². The van der Waals surface area contributed by atoms with Crippen molar-refractivity contribution in [1.29, 1.82) is 0 Å². The Morgan fingerprint density at radius 1 is 1.16 bits per heavy atom. The molecule has 0 aliphatic carbocycles. The number of H-pyrrole nitrogens is 1. The van der Waals surface area contributed by atoms with Gasteiger partial charge in [-0.1, -0.05) is 18.2 Å². The van der Waals surface area contributed by atoms with Gasteiger partial charge in [-0.2, -0.15) is 0 Å². The summed E-state index contributed by atoms with van der Waals surface area (Å²) in [5, 5.41) is 2.74. The summed E-state index contributed by atoms with van der Waals surface area (Å²) < 4.78 is 25.4. The number of fused-ring (bicyclic) bond motifs is 1. The van der Waals surface area contributed by atoms with Gasteiger partial charge in [-0.05, 0) is 30.3 Å². The molecule has 1 amide bonds. The lowest BCUT2D eigenvalue weighted by molar-refractivity contribution is 0.0949. The zero-order valence-corrected chi connectivity index (χ0v) is 14.7. The summed E-state index contributed by atoms with van der Waals surface area (Å²) in [7, 11) is -0.686. The number of carbonyl (C=O) groups is 1. The lowest BCUT2D eigenvalue weighted by Gasteiger charge is -2.12. The molecule has 0 aliphatic rings. The van der Waals surface area contributed by atoms with E-state index in [1.165, 1.54) is 26.2 Å². The molecule has 3 rings (SSSR count). The largest absolute Gasteiger partial charge is 0.345 e. The first-order chi connectivity index (χ1) is 11.9. The van der Waals surface area contributed by atoms with Gasteiger partial charge in [-0.25, -0.2) is 17.7 Å². The first kappa shape index (κ1) is 17.1. The van der Waals surface area contributed by atoms with Crippen LogP contribution in [0.2, 0.25) is 0 Å². The summed E-state index contributed by atoms with van der Waals surface area (Å²) in [6, 6.07) is 13.5. The first-order valence-corrected chi connectivity index (χ1v) is 9.06. The molecule has 25 heavy (non-hydrogen) atoms. The van der Waals surface area contributed by atoms with E-state index in [-0.39, 0.29) is 22.9 Å². The number of aromatic amines is 1. The molecule has 0 atom stereocenters. The quantitative estimate of drug-likeness (QED) is 0.726. The van der Waals surface area contributed by atoms with Crippen molar-refractivity contribution < 1.29 is 13.2 Å². The fourth-order valence-corrected chi connectivity index (χ4v) is 3.31. The molecule has 0 unspecified atom stereocenters. The molecule has 0 saturated carbocycles. The van der Waals surface area contributed by atoms with Gasteiger partial charge in [0.15, 0.2) is 0 Å². The van der Waals surface area contributed by atoms with Gasteiger partial charge in [0.05, 0.1) is 22.5 Å². The highest BCUT2D eigenvalue weighted by atomic mass is 32.2. The monoisotopic (exact) mass is 358 g/mol. The third-order valence-corrected chi connectivity index (χ3v) is 5.54. The number of sulfonamides is 1. The Labute approximate surface area is 145 Å². The minimum Gasteiger partial charge on any atom is -0.345 e. The normalized spacial score (nSPS) is 11.8. The number of nitrogens with zero attached hydrogens (tertiary/aromatic N) is 2. The van der Waals surface area contributed by atoms with Crippen LogP contribution >= 0.6 is 0 Å². The van der Waals surface area contributed by atoms with Crippen LogP contribution in [0.3, 0.4) is 0 Å². The lowest BCUT2D eigenvalue weighted by atomic mass is 10.2. The summed E-state index contributed by atoms with van der Waals surface area (Å²) in [6.45, 7) is 0.220. The second-order valence-electron chi connectivity index (χ2n) is 5.70. The van der Waals surface area contributed by atoms with Crippen molar-refractivity contribution in [2.45, 2.75) is 11.4 Å². The van der Waals surface area contributed by atoms with E-state index in [2.05, 4.69) is 15.3 Å². The molecule has 3 aromatic rings. The number of amides is 1. The number of nitrogens with one attached hydrogen (secondary N) is 2. The van der Waals surface area contributed by atoms with Gasteiger partial charge in [0.2, 0.25) is 10.0 Å². The highest BCUT2D eigenvalue weighted by molar-refractivity contribution is 7.89. The van der Waals surface area contributed by atoms with Crippen molar-refractivity contribution in [3.05, 3.63) is 59.9 Å². The van der Waals surface area contributed by atoms with Gasteiger partial charge >= 0.3 is 0 Å². The number of imidazole rings is 1. The van der Waals surface area contributed by atoms with Crippen molar-refractivity contribution >= 4 is 27.0 Å². The maximum absolute atomic E-state index is 12.3. The first-order valence-electron chi connectivity index (χ1n) is 7.62. The molecule has 2 aromatic carbocycles. The average Bonchev–Trinajstić information content (AvgIpc) is 3.02. The van der Waals surface area contributed by atoms with Gasteiger partial charge in [0, 0.05) is 19.7 Å². The maximum Gasteiger partial charge on any atom is 0.251 e. The van der Waals surface area contributed by atoms with Crippen LogP contribution in [0.15, 0.2) is 53.4 Å². The molecule has 1 heterocycles. The van der Waals surface area contributed by atoms with Crippen LogP contribution in [0.4, 0.5) is 0 Å². The van der Waals surface area contributed by atoms with Gasteiger partial charge < -0.3 is 10.3 Å². The highest BCUT2D eigenvalue weighted by Gasteiger charge is 2.18. The van der Waals surface area contributed by atoms with Crippen LogP contribution in [0.1, 0.15) is 16.2 Å². The summed E-state index contributed by atoms with van der Waals surface area (Å²) in [5.41, 5.74) is 2.00. The van der Waals surface area contributed by atoms with Crippen molar-refractivity contribution in [1.82, 2.24) is 19.6 Å². The highest BCUT2D eigenvalue weighted by Crippen LogP contribution is 2.15. The number of hydrogen-bond acceptors (Lipinski definition) is 4. The van der Waals surface area contributed by atoms with Crippen molar-refractivity contribution in [2.75, 3.05) is 14.1 Å². The minimum absolute atomic E-state index is 0.0777. The number of carbonyl (C=O) groups excluding carboxylic acids is 1. The lowest BCUT2D eigenvalue weighted by Crippen LogP contribution is -2.25. The second-order valence-corrected chi connectivity index (χ2v) is 7.85. The number of benzene rings is 2. The standard InChI is InChI=1S/C17H18N4O3S/c1-21(2)25(23,24)13-7-5-6-12(10-13)17(22)18-11-16-19-14-8-3-4-9-15(14)20-16/h3-10H,11H2,1-2H3,(H,18,22)(H,19,20). The molecule has 1 aromatic heterocycles. The van der Waals surface area contributed by atoms with E-state index >= 15 is 0 Å². The molecule has 130 valence electrons. The zero-order valence-electron chi connectivity index (χ0n) is 13.9. The average molecular weight is 358 g/mol. The zero-order chi connectivity index (χ0) is 18.0. The Hall–Kier alpha value is -2.71. The predicted octanol–water partition coefficient (Wildman–Crippen LogP) is 1.74. The van der Waals surface area contributed by atoms with Crippen molar-refractivity contribution in [3.63, 3.8) is 0 Å². The predicted molar refractivity (Wildman–Crippen MR) is 94.6 cm³/mol. The molecular formula is C17H18N4O3S. The fourth-order valence-electron chi connectivity index (χ4n) is 2.36. The summed E-state index contributed by atoms with van der Waals surface area (Å²) in [5.74, 6) is 0.267. The number of hydrogen-bond donors (Lipinski definition) is 2. The van der Waals surface area contributed by atoms with Gasteiger partial charge in [0.25, 0.3) is 5.91 Å². The van der Waals surface area contributed by atoms with Crippen molar-refractivity contribution in [3.8, 4) is 0 Å². The number of aromatic nitrogens is 2. The second kappa shape index (κ2) is 6.66. The third-order valence-electron chi connectivity index (χ3n) is 3.73. The Morgan fingerprint density at radius 2 is 1.92 bits per heavy atom. The van der Waals surface area contributed by atoms with Crippen LogP contribution in [0, 0.1) is 0 Å². The fraction of sp³-hybridized carbons (Fsp3) is 0.176. The van der Waals surface area contributed by atoms with E-state index in [1.54, 1.807) is 12.1 Å². The molecule has 0 bridgehead atoms. The van der Waals surface area contributed by atoms with Gasteiger partial charge in [-0.15, -0.1) is 0 Å². The molecule has 0 saturated heterocycles. The smallest absolute Gasteiger partial charge is 0.251 e. The van der Waals surface area contributed by atoms with Crippen LogP contribution in [-0.4, -0.2) is 42.7 Å². The number of para-hydroxylation sites is 2. The molecule has 0 spiro atoms. The minimum atomic E-state index is -3.58. The maximum atomic E-state index is 12.3. The SMILES string of the molecule is CN(C)S(=O)(=O)c1cccc(C(=O)NCc2nc3ccccc3[nH]2)c1. The Bertz CT molecular complexity index is 992. The summed E-state index contributed by atoms with van der Waals surface area (Å²) in [4.78, 5) is 19.9. The van der Waals surface area contributed by atoms with Gasteiger partial charge in [0.1, 0.15) is 5.82 Å². The van der Waals surface area contributed by atoms with E-state index < -0.39 is 10.0 Å². The topological polar surface area (TPSA) is 95.2 Å². The van der Waals surface area contributed by atoms with Crippen LogP contribution in [0.25, 0.3) is 11.0 Å². The molecule has 7 nitrogen and oxygen atoms in total. The molecule has 2 N–H and O–H groups in total. The molecule has 8 heteroatoms. The van der Waals surface area contributed by atoms with Gasteiger partial charge in [-0.3, -0.25) is 4.79 Å². The third kappa shape index (κ3) is 3.54. The number of rotatable bonds is 5. The van der Waals surface area contributed by atoms with E-state index in [0.29, 0.717) is 5.82 Å². The van der Waals surface area contributed by atoms with E-state index in [1.807, 2.05) is 24.3 Å². The Kier molecular flexibility index (Phi) is 4.56. The van der Waals surface area contributed by atoms with E-state index in [9.17, 15) is 13.2 Å². The Morgan fingerprint density at radius 3 is 2.64 bits per heavy atom. The van der Waals surface area contributed by atoms with Crippen LogP contribution in [-0.2, 0) is 16.6 Å². The van der Waals surface area contributed by atoms with E-state index in [4.69, 9.17) is 0 Å². The molecule has 0 fully saturated rings. The molecule has 0 radical (unpaired) electrons. The summed E-state index contributed by atoms with van der Waals surface area (Å²) in [6.07, 6.45) is 0. The molecular weight excluding hydrogens is 340 g/mol. The molecule has 0 aliphatic heterocycles. The van der Waals surface area contributed by atoms with Crippen LogP contribution < -0.4 is 5.32 Å². The summed E-state index contributed by atoms with van der Waals surface area (Å²) >= 11 is 0.